The van der Waals surface area contributed by atoms with E-state index in [1.807, 2.05) is 12.1 Å². The summed E-state index contributed by atoms with van der Waals surface area (Å²) in [6, 6.07) is 13.5. The van der Waals surface area contributed by atoms with Crippen LogP contribution in [0.25, 0.3) is 0 Å². The molecule has 0 atom stereocenters. The van der Waals surface area contributed by atoms with Gasteiger partial charge in [-0.15, -0.1) is 12.6 Å². The van der Waals surface area contributed by atoms with Crippen molar-refractivity contribution in [2.45, 2.75) is 11.3 Å². The van der Waals surface area contributed by atoms with Crippen LogP contribution in [-0.2, 0) is 6.42 Å². The van der Waals surface area contributed by atoms with Gasteiger partial charge in [-0.3, -0.25) is 4.79 Å². The summed E-state index contributed by atoms with van der Waals surface area (Å²) in [7, 11) is 0. The molecule has 0 unspecified atom stereocenters. The van der Waals surface area contributed by atoms with E-state index in [0.717, 1.165) is 5.56 Å². The second-order valence-corrected chi connectivity index (χ2v) is 4.63. The second kappa shape index (κ2) is 6.38. The Balaban J connectivity index is 1.90. The highest BCUT2D eigenvalue weighted by Gasteiger charge is 2.07. The van der Waals surface area contributed by atoms with Gasteiger partial charge in [0.1, 0.15) is 5.82 Å². The minimum absolute atomic E-state index is 0.165. The third kappa shape index (κ3) is 3.83. The predicted molar refractivity (Wildman–Crippen MR) is 76.1 cm³/mol. The third-order valence-corrected chi connectivity index (χ3v) is 3.13. The van der Waals surface area contributed by atoms with Crippen LogP contribution in [0.15, 0.2) is 53.4 Å². The number of hydrogen-bond acceptors (Lipinski definition) is 2. The van der Waals surface area contributed by atoms with Crippen LogP contribution in [0, 0.1) is 5.82 Å². The fourth-order valence-corrected chi connectivity index (χ4v) is 2.04. The Morgan fingerprint density at radius 2 is 1.95 bits per heavy atom. The number of carbonyl (C=O) groups is 1. The molecule has 2 nitrogen and oxygen atoms in total. The third-order valence-electron chi connectivity index (χ3n) is 2.74. The van der Waals surface area contributed by atoms with Crippen LogP contribution in [0.4, 0.5) is 4.39 Å². The average molecular weight is 275 g/mol. The highest BCUT2D eigenvalue weighted by Crippen LogP contribution is 2.12. The summed E-state index contributed by atoms with van der Waals surface area (Å²) in [6.07, 6.45) is 0.595. The number of hydrogen-bond donors (Lipinski definition) is 2. The smallest absolute Gasteiger partial charge is 0.252 e. The summed E-state index contributed by atoms with van der Waals surface area (Å²) in [5.41, 5.74) is 1.41. The van der Waals surface area contributed by atoms with Gasteiger partial charge in [-0.2, -0.15) is 0 Å². The normalized spacial score (nSPS) is 10.2. The van der Waals surface area contributed by atoms with Crippen molar-refractivity contribution in [2.24, 2.45) is 0 Å². The zero-order valence-corrected chi connectivity index (χ0v) is 11.2. The van der Waals surface area contributed by atoms with E-state index in [-0.39, 0.29) is 11.7 Å². The van der Waals surface area contributed by atoms with Crippen molar-refractivity contribution in [1.82, 2.24) is 5.32 Å². The maximum absolute atomic E-state index is 13.0. The van der Waals surface area contributed by atoms with E-state index in [2.05, 4.69) is 17.9 Å². The Kier molecular flexibility index (Phi) is 4.58. The molecule has 0 aliphatic heterocycles. The van der Waals surface area contributed by atoms with E-state index in [0.29, 0.717) is 23.4 Å². The fourth-order valence-electron chi connectivity index (χ4n) is 1.77. The largest absolute Gasteiger partial charge is 0.352 e. The molecule has 19 heavy (non-hydrogen) atoms. The lowest BCUT2D eigenvalue weighted by Crippen LogP contribution is -2.26. The molecule has 1 amide bonds. The minimum Gasteiger partial charge on any atom is -0.352 e. The van der Waals surface area contributed by atoms with E-state index < -0.39 is 0 Å². The lowest BCUT2D eigenvalue weighted by atomic mass is 10.1. The summed E-state index contributed by atoms with van der Waals surface area (Å²) in [6.45, 7) is 0.463. The second-order valence-electron chi connectivity index (χ2n) is 4.15. The first-order chi connectivity index (χ1) is 9.16. The molecule has 98 valence electrons. The number of thiol groups is 1. The molecule has 2 aromatic carbocycles. The Bertz CT molecular complexity index is 586. The van der Waals surface area contributed by atoms with Crippen molar-refractivity contribution in [1.29, 1.82) is 0 Å². The molecule has 0 saturated carbocycles. The van der Waals surface area contributed by atoms with Crippen LogP contribution in [0.2, 0.25) is 0 Å². The molecule has 0 fully saturated rings. The van der Waals surface area contributed by atoms with Crippen LogP contribution in [0.1, 0.15) is 15.9 Å². The van der Waals surface area contributed by atoms with Crippen LogP contribution in [0.3, 0.4) is 0 Å². The van der Waals surface area contributed by atoms with Gasteiger partial charge in [-0.1, -0.05) is 24.3 Å². The van der Waals surface area contributed by atoms with Gasteiger partial charge in [-0.05, 0) is 36.2 Å². The van der Waals surface area contributed by atoms with Gasteiger partial charge in [0.15, 0.2) is 0 Å². The first-order valence-electron chi connectivity index (χ1n) is 5.97. The topological polar surface area (TPSA) is 29.1 Å². The molecule has 0 heterocycles. The molecule has 2 rings (SSSR count). The molecule has 0 aliphatic carbocycles. The number of halogens is 1. The molecular formula is C15H14FNOS. The first-order valence-corrected chi connectivity index (χ1v) is 6.42. The minimum atomic E-state index is -0.260. The van der Waals surface area contributed by atoms with Gasteiger partial charge >= 0.3 is 0 Å². The maximum atomic E-state index is 13.0. The number of nitrogens with one attached hydrogen (secondary N) is 1. The monoisotopic (exact) mass is 275 g/mol. The van der Waals surface area contributed by atoms with Crippen molar-refractivity contribution in [3.05, 3.63) is 65.5 Å². The van der Waals surface area contributed by atoms with E-state index in [9.17, 15) is 9.18 Å². The van der Waals surface area contributed by atoms with Gasteiger partial charge in [-0.25, -0.2) is 4.39 Å². The number of benzene rings is 2. The van der Waals surface area contributed by atoms with Crippen molar-refractivity contribution in [2.75, 3.05) is 6.54 Å². The average Bonchev–Trinajstić information content (AvgIpc) is 2.39. The molecule has 0 spiro atoms. The molecular weight excluding hydrogens is 261 g/mol. The highest BCUT2D eigenvalue weighted by atomic mass is 32.1. The molecule has 1 N–H and O–H groups in total. The Hall–Kier alpha value is -1.81. The van der Waals surface area contributed by atoms with Gasteiger partial charge < -0.3 is 5.32 Å². The lowest BCUT2D eigenvalue weighted by molar-refractivity contribution is 0.0951. The Morgan fingerprint density at radius 1 is 1.16 bits per heavy atom. The van der Waals surface area contributed by atoms with E-state index in [1.54, 1.807) is 24.3 Å². The number of carbonyl (C=O) groups excluding carboxylic acids is 1. The Labute approximate surface area is 117 Å². The first kappa shape index (κ1) is 13.6. The van der Waals surface area contributed by atoms with Gasteiger partial charge in [0, 0.05) is 11.4 Å². The SMILES string of the molecule is O=C(NCCc1cccc(F)c1)c1ccccc1S. The summed E-state index contributed by atoms with van der Waals surface area (Å²) < 4.78 is 13.0. The van der Waals surface area contributed by atoms with Crippen LogP contribution in [-0.4, -0.2) is 12.5 Å². The maximum Gasteiger partial charge on any atom is 0.252 e. The van der Waals surface area contributed by atoms with Crippen LogP contribution in [0.5, 0.6) is 0 Å². The highest BCUT2D eigenvalue weighted by molar-refractivity contribution is 7.80. The summed E-state index contributed by atoms with van der Waals surface area (Å²) >= 11 is 4.23. The molecule has 0 bridgehead atoms. The number of amides is 1. The Morgan fingerprint density at radius 3 is 2.68 bits per heavy atom. The number of rotatable bonds is 4. The van der Waals surface area contributed by atoms with Gasteiger partial charge in [0.05, 0.1) is 5.56 Å². The quantitative estimate of drug-likeness (QED) is 0.825. The summed E-state index contributed by atoms with van der Waals surface area (Å²) in [5.74, 6) is -0.425. The molecule has 2 aromatic rings. The molecule has 4 heteroatoms. The van der Waals surface area contributed by atoms with Gasteiger partial charge in [0.25, 0.3) is 5.91 Å². The van der Waals surface area contributed by atoms with E-state index in [1.165, 1.54) is 12.1 Å². The summed E-state index contributed by atoms with van der Waals surface area (Å²) in [5, 5.41) is 2.80. The van der Waals surface area contributed by atoms with Gasteiger partial charge in [0.2, 0.25) is 0 Å². The summed E-state index contributed by atoms with van der Waals surface area (Å²) in [4.78, 5) is 12.5. The van der Waals surface area contributed by atoms with Crippen LogP contribution < -0.4 is 5.32 Å². The molecule has 0 saturated heterocycles. The van der Waals surface area contributed by atoms with Crippen molar-refractivity contribution in [3.8, 4) is 0 Å². The molecule has 0 aliphatic rings. The lowest BCUT2D eigenvalue weighted by Gasteiger charge is -2.07. The van der Waals surface area contributed by atoms with E-state index >= 15 is 0 Å². The van der Waals surface area contributed by atoms with Crippen LogP contribution >= 0.6 is 12.6 Å². The fraction of sp³-hybridized carbons (Fsp3) is 0.133. The predicted octanol–water partition coefficient (Wildman–Crippen LogP) is 3.09. The standard InChI is InChI=1S/C15H14FNOS/c16-12-5-3-4-11(10-12)8-9-17-15(18)13-6-1-2-7-14(13)19/h1-7,10,19H,8-9H2,(H,17,18). The zero-order valence-electron chi connectivity index (χ0n) is 10.3. The van der Waals surface area contributed by atoms with Crippen molar-refractivity contribution >= 4 is 18.5 Å². The van der Waals surface area contributed by atoms with Crippen molar-refractivity contribution in [3.63, 3.8) is 0 Å². The molecule has 0 aromatic heterocycles. The molecule has 0 radical (unpaired) electrons. The van der Waals surface area contributed by atoms with E-state index in [4.69, 9.17) is 0 Å². The zero-order chi connectivity index (χ0) is 13.7. The van der Waals surface area contributed by atoms with Crippen molar-refractivity contribution < 1.29 is 9.18 Å².